The van der Waals surface area contributed by atoms with E-state index in [2.05, 4.69) is 14.9 Å². The molecular formula is C18H20ClN3OS. The van der Waals surface area contributed by atoms with Crippen LogP contribution in [0, 0.1) is 5.92 Å². The van der Waals surface area contributed by atoms with E-state index in [0.29, 0.717) is 10.6 Å². The van der Waals surface area contributed by atoms with Gasteiger partial charge in [0.2, 0.25) is 0 Å². The van der Waals surface area contributed by atoms with Crippen molar-refractivity contribution in [3.05, 3.63) is 52.8 Å². The van der Waals surface area contributed by atoms with Gasteiger partial charge in [0.15, 0.2) is 10.9 Å². The molecule has 1 aliphatic heterocycles. The molecule has 6 heteroatoms. The van der Waals surface area contributed by atoms with E-state index < -0.39 is 0 Å². The molecule has 2 heterocycles. The molecule has 0 unspecified atom stereocenters. The lowest BCUT2D eigenvalue weighted by atomic mass is 9.90. The molecule has 2 aromatic rings. The van der Waals surface area contributed by atoms with E-state index in [4.69, 9.17) is 11.6 Å². The largest absolute Gasteiger partial charge is 0.298 e. The molecule has 4 nitrogen and oxygen atoms in total. The molecule has 0 N–H and O–H groups in total. The Labute approximate surface area is 151 Å². The number of rotatable bonds is 5. The topological polar surface area (TPSA) is 46.1 Å². The van der Waals surface area contributed by atoms with Crippen LogP contribution in [0.5, 0.6) is 0 Å². The maximum atomic E-state index is 12.7. The zero-order valence-electron chi connectivity index (χ0n) is 13.6. The molecule has 24 heavy (non-hydrogen) atoms. The summed E-state index contributed by atoms with van der Waals surface area (Å²) in [6.45, 7) is 2.56. The molecule has 3 rings (SSSR count). The standard InChI is InChI=1S/C18H20ClN3OS/c1-24-18-20-9-13(10-21-18)11-22-7-3-5-15(12-22)17(23)14-4-2-6-16(19)8-14/h2,4,6,8-10,15H,3,5,7,11-12H2,1H3/t15-/m1/s1. The quantitative estimate of drug-likeness (QED) is 0.458. The summed E-state index contributed by atoms with van der Waals surface area (Å²) in [5, 5.41) is 1.39. The summed E-state index contributed by atoms with van der Waals surface area (Å²) in [6.07, 6.45) is 7.68. The van der Waals surface area contributed by atoms with Crippen LogP contribution in [0.25, 0.3) is 0 Å². The van der Waals surface area contributed by atoms with Gasteiger partial charge >= 0.3 is 0 Å². The van der Waals surface area contributed by atoms with Crippen LogP contribution >= 0.6 is 23.4 Å². The molecule has 0 aliphatic carbocycles. The Balaban J connectivity index is 1.64. The molecular weight excluding hydrogens is 342 g/mol. The number of halogens is 1. The highest BCUT2D eigenvalue weighted by molar-refractivity contribution is 7.98. The predicted octanol–water partition coefficient (Wildman–Crippen LogP) is 3.95. The van der Waals surface area contributed by atoms with Gasteiger partial charge in [0, 0.05) is 47.6 Å². The van der Waals surface area contributed by atoms with E-state index in [1.807, 2.05) is 30.8 Å². The number of aromatic nitrogens is 2. The normalized spacial score (nSPS) is 18.5. The zero-order chi connectivity index (χ0) is 16.9. The molecule has 0 radical (unpaired) electrons. The summed E-state index contributed by atoms with van der Waals surface area (Å²) in [5.74, 6) is 0.222. The van der Waals surface area contributed by atoms with E-state index in [1.54, 1.807) is 12.1 Å². The van der Waals surface area contributed by atoms with Gasteiger partial charge < -0.3 is 0 Å². The third-order valence-corrected chi connectivity index (χ3v) is 5.07. The fraction of sp³-hybridized carbons (Fsp3) is 0.389. The number of carbonyl (C=O) groups is 1. The highest BCUT2D eigenvalue weighted by Crippen LogP contribution is 2.23. The maximum Gasteiger partial charge on any atom is 0.187 e. The molecule has 1 atom stereocenters. The predicted molar refractivity (Wildman–Crippen MR) is 97.6 cm³/mol. The van der Waals surface area contributed by atoms with Crippen molar-refractivity contribution in [1.29, 1.82) is 0 Å². The van der Waals surface area contributed by atoms with E-state index in [9.17, 15) is 4.79 Å². The first-order valence-electron chi connectivity index (χ1n) is 8.03. The molecule has 1 aliphatic rings. The van der Waals surface area contributed by atoms with Gasteiger partial charge in [-0.25, -0.2) is 9.97 Å². The van der Waals surface area contributed by atoms with E-state index in [1.165, 1.54) is 11.8 Å². The molecule has 1 saturated heterocycles. The van der Waals surface area contributed by atoms with Crippen molar-refractivity contribution in [2.75, 3.05) is 19.3 Å². The number of thioether (sulfide) groups is 1. The summed E-state index contributed by atoms with van der Waals surface area (Å²) in [7, 11) is 0. The number of nitrogens with zero attached hydrogens (tertiary/aromatic N) is 3. The smallest absolute Gasteiger partial charge is 0.187 e. The van der Waals surface area contributed by atoms with Crippen molar-refractivity contribution in [2.45, 2.75) is 24.5 Å². The molecule has 0 bridgehead atoms. The number of benzene rings is 1. The van der Waals surface area contributed by atoms with Crippen LogP contribution in [0.3, 0.4) is 0 Å². The number of ketones is 1. The van der Waals surface area contributed by atoms with E-state index in [0.717, 1.165) is 43.2 Å². The number of likely N-dealkylation sites (tertiary alicyclic amines) is 1. The van der Waals surface area contributed by atoms with Crippen LogP contribution in [0.4, 0.5) is 0 Å². The van der Waals surface area contributed by atoms with Gasteiger partial charge in [-0.1, -0.05) is 35.5 Å². The minimum atomic E-state index is 0.0311. The first-order valence-corrected chi connectivity index (χ1v) is 9.63. The molecule has 126 valence electrons. The van der Waals surface area contributed by atoms with Crippen molar-refractivity contribution in [1.82, 2.24) is 14.9 Å². The lowest BCUT2D eigenvalue weighted by Gasteiger charge is -2.31. The van der Waals surface area contributed by atoms with Crippen molar-refractivity contribution in [2.24, 2.45) is 5.92 Å². The first-order chi connectivity index (χ1) is 11.7. The lowest BCUT2D eigenvalue weighted by molar-refractivity contribution is 0.0811. The van der Waals surface area contributed by atoms with Crippen LogP contribution in [0.15, 0.2) is 41.8 Å². The third-order valence-electron chi connectivity index (χ3n) is 4.26. The van der Waals surface area contributed by atoms with Gasteiger partial charge in [0.1, 0.15) is 0 Å². The van der Waals surface area contributed by atoms with Gasteiger partial charge in [0.05, 0.1) is 0 Å². The van der Waals surface area contributed by atoms with Gasteiger partial charge in [-0.2, -0.15) is 0 Å². The average Bonchev–Trinajstić information content (AvgIpc) is 2.62. The van der Waals surface area contributed by atoms with Gasteiger partial charge in [-0.3, -0.25) is 9.69 Å². The van der Waals surface area contributed by atoms with Gasteiger partial charge in [-0.05, 0) is 37.8 Å². The van der Waals surface area contributed by atoms with E-state index >= 15 is 0 Å². The molecule has 1 aromatic carbocycles. The Bertz CT molecular complexity index is 708. The Morgan fingerprint density at radius 3 is 2.88 bits per heavy atom. The maximum absolute atomic E-state index is 12.7. The van der Waals surface area contributed by atoms with Gasteiger partial charge in [0.25, 0.3) is 0 Å². The number of hydrogen-bond acceptors (Lipinski definition) is 5. The summed E-state index contributed by atoms with van der Waals surface area (Å²) in [5.41, 5.74) is 1.80. The first kappa shape index (κ1) is 17.4. The molecule has 0 spiro atoms. The summed E-state index contributed by atoms with van der Waals surface area (Å²) in [6, 6.07) is 7.24. The van der Waals surface area contributed by atoms with Crippen molar-refractivity contribution in [3.8, 4) is 0 Å². The third kappa shape index (κ3) is 4.35. The number of Topliss-reactive ketones (excluding diaryl/α,β-unsaturated/α-hetero) is 1. The fourth-order valence-electron chi connectivity index (χ4n) is 3.08. The molecule has 0 amide bonds. The highest BCUT2D eigenvalue weighted by Gasteiger charge is 2.26. The molecule has 1 fully saturated rings. The summed E-state index contributed by atoms with van der Waals surface area (Å²) < 4.78 is 0. The Hall–Kier alpha value is -1.43. The molecule has 1 aromatic heterocycles. The summed E-state index contributed by atoms with van der Waals surface area (Å²) in [4.78, 5) is 23.7. The van der Waals surface area contributed by atoms with Crippen LogP contribution in [0.2, 0.25) is 5.02 Å². The zero-order valence-corrected chi connectivity index (χ0v) is 15.2. The number of piperidine rings is 1. The van der Waals surface area contributed by atoms with Crippen LogP contribution in [-0.4, -0.2) is 40.0 Å². The Morgan fingerprint density at radius 1 is 1.38 bits per heavy atom. The minimum absolute atomic E-state index is 0.0311. The van der Waals surface area contributed by atoms with Crippen molar-refractivity contribution >= 4 is 29.1 Å². The highest BCUT2D eigenvalue weighted by atomic mass is 35.5. The van der Waals surface area contributed by atoms with Gasteiger partial charge in [-0.15, -0.1) is 0 Å². The second-order valence-corrected chi connectivity index (χ2v) is 7.24. The fourth-order valence-corrected chi connectivity index (χ4v) is 3.59. The van der Waals surface area contributed by atoms with Crippen molar-refractivity contribution < 1.29 is 4.79 Å². The lowest BCUT2D eigenvalue weighted by Crippen LogP contribution is -2.38. The average molecular weight is 362 g/mol. The number of hydrogen-bond donors (Lipinski definition) is 0. The van der Waals surface area contributed by atoms with Crippen LogP contribution in [0.1, 0.15) is 28.8 Å². The monoisotopic (exact) mass is 361 g/mol. The second kappa shape index (κ2) is 8.10. The second-order valence-electron chi connectivity index (χ2n) is 6.03. The summed E-state index contributed by atoms with van der Waals surface area (Å²) >= 11 is 7.55. The van der Waals surface area contributed by atoms with E-state index in [-0.39, 0.29) is 11.7 Å². The van der Waals surface area contributed by atoms with Crippen LogP contribution < -0.4 is 0 Å². The SMILES string of the molecule is CSc1ncc(CN2CCC[C@@H](C(=O)c3cccc(Cl)c3)C2)cn1. The molecule has 0 saturated carbocycles. The van der Waals surface area contributed by atoms with Crippen LogP contribution in [-0.2, 0) is 6.54 Å². The van der Waals surface area contributed by atoms with Crippen molar-refractivity contribution in [3.63, 3.8) is 0 Å². The number of carbonyl (C=O) groups excluding carboxylic acids is 1. The Morgan fingerprint density at radius 2 is 2.17 bits per heavy atom. The Kier molecular flexibility index (Phi) is 5.87. The minimum Gasteiger partial charge on any atom is -0.298 e.